The van der Waals surface area contributed by atoms with Gasteiger partial charge in [-0.2, -0.15) is 5.01 Å². The molecule has 0 spiro atoms. The van der Waals surface area contributed by atoms with Crippen molar-refractivity contribution in [1.29, 1.82) is 0 Å². The van der Waals surface area contributed by atoms with Gasteiger partial charge in [-0.05, 0) is 55.4 Å². The van der Waals surface area contributed by atoms with Gasteiger partial charge >= 0.3 is 24.1 Å². The van der Waals surface area contributed by atoms with Gasteiger partial charge in [0, 0.05) is 0 Å². The van der Waals surface area contributed by atoms with E-state index in [-0.39, 0.29) is 0 Å². The van der Waals surface area contributed by atoms with Crippen molar-refractivity contribution >= 4 is 29.9 Å². The van der Waals surface area contributed by atoms with Gasteiger partial charge in [-0.3, -0.25) is 4.79 Å². The minimum atomic E-state index is -2.34. The number of Topliss-reactive ketones (excluding diaryl/α,β-unsaturated/α-hetero) is 1. The van der Waals surface area contributed by atoms with E-state index in [9.17, 15) is 24.0 Å². The molecule has 34 heavy (non-hydrogen) atoms. The van der Waals surface area contributed by atoms with Crippen LogP contribution in [0.2, 0.25) is 0 Å². The predicted molar refractivity (Wildman–Crippen MR) is 112 cm³/mol. The highest BCUT2D eigenvalue weighted by Gasteiger charge is 2.57. The molecule has 2 amide bonds. The molecule has 2 saturated heterocycles. The second kappa shape index (κ2) is 10.1. The Hall–Kier alpha value is -2.93. The number of ether oxygens (including phenoxy) is 6. The quantitative estimate of drug-likeness (QED) is 0.238. The van der Waals surface area contributed by atoms with Crippen LogP contribution in [-0.4, -0.2) is 83.4 Å². The first kappa shape index (κ1) is 27.3. The predicted octanol–water partition coefficient (Wildman–Crippen LogP) is 1.22. The number of cyclic esters (lactones) is 1. The molecular formula is C21H32N2O11. The molecule has 0 aromatic rings. The van der Waals surface area contributed by atoms with Crippen molar-refractivity contribution in [1.82, 2.24) is 10.4 Å². The molecule has 0 unspecified atom stereocenters. The summed E-state index contributed by atoms with van der Waals surface area (Å²) in [5.41, 5.74) is -0.252. The summed E-state index contributed by atoms with van der Waals surface area (Å²) in [7, 11) is 0. The third-order valence-electron chi connectivity index (χ3n) is 4.97. The third kappa shape index (κ3) is 5.95. The molecular weight excluding hydrogens is 456 g/mol. The van der Waals surface area contributed by atoms with Crippen molar-refractivity contribution in [2.45, 2.75) is 97.2 Å². The second-order valence-electron chi connectivity index (χ2n) is 9.06. The van der Waals surface area contributed by atoms with E-state index in [4.69, 9.17) is 28.4 Å². The van der Waals surface area contributed by atoms with Crippen LogP contribution in [-0.2, 0) is 42.8 Å². The third-order valence-corrected chi connectivity index (χ3v) is 4.97. The van der Waals surface area contributed by atoms with Crippen LogP contribution >= 0.6 is 0 Å². The molecule has 2 aliphatic heterocycles. The van der Waals surface area contributed by atoms with Gasteiger partial charge in [0.25, 0.3) is 0 Å². The Labute approximate surface area is 197 Å². The maximum absolute atomic E-state index is 13.1. The molecule has 0 aliphatic carbocycles. The summed E-state index contributed by atoms with van der Waals surface area (Å²) < 4.78 is 31.6. The Bertz CT molecular complexity index is 841. The number of hydrogen-bond acceptors (Lipinski definition) is 11. The zero-order chi connectivity index (χ0) is 26.0. The smallest absolute Gasteiger partial charge is 0.430 e. The molecule has 0 aromatic heterocycles. The monoisotopic (exact) mass is 488 g/mol. The first-order chi connectivity index (χ1) is 15.6. The lowest BCUT2D eigenvalue weighted by Gasteiger charge is -2.36. The number of amides is 2. The summed E-state index contributed by atoms with van der Waals surface area (Å²) in [6, 6.07) is 0. The number of hydrazine groups is 1. The largest absolute Gasteiger partial charge is 0.459 e. The van der Waals surface area contributed by atoms with Gasteiger partial charge in [0.1, 0.15) is 12.7 Å². The lowest BCUT2D eigenvalue weighted by Crippen LogP contribution is -2.66. The molecule has 0 aromatic carbocycles. The molecule has 13 nitrogen and oxygen atoms in total. The van der Waals surface area contributed by atoms with E-state index in [1.807, 2.05) is 0 Å². The number of esters is 2. The van der Waals surface area contributed by atoms with Crippen LogP contribution in [0.3, 0.4) is 0 Å². The zero-order valence-electron chi connectivity index (χ0n) is 20.5. The summed E-state index contributed by atoms with van der Waals surface area (Å²) in [5.74, 6) is -3.76. The average molecular weight is 488 g/mol. The fraction of sp³-hybridized carbons (Fsp3) is 0.762. The zero-order valence-corrected chi connectivity index (χ0v) is 20.5. The number of fused-ring (bicyclic) bond motifs is 1. The van der Waals surface area contributed by atoms with Crippen molar-refractivity contribution in [3.8, 4) is 0 Å². The topological polar surface area (TPSA) is 156 Å². The SMILES string of the molecule is CC(=O)[C@@](C)(C(=O)OC[C@H]1OC(=O)[C@@H]2OC(C)(C)O[C@H]12)N(NC(=O)OC(C)C)C(=O)OC(C)C. The number of carbonyl (C=O) groups is 5. The van der Waals surface area contributed by atoms with Crippen LogP contribution in [0.5, 0.6) is 0 Å². The number of hydrogen-bond donors (Lipinski definition) is 1. The van der Waals surface area contributed by atoms with Crippen LogP contribution in [0.15, 0.2) is 0 Å². The van der Waals surface area contributed by atoms with E-state index in [2.05, 4.69) is 5.43 Å². The fourth-order valence-electron chi connectivity index (χ4n) is 3.27. The van der Waals surface area contributed by atoms with E-state index >= 15 is 0 Å². The molecule has 4 atom stereocenters. The van der Waals surface area contributed by atoms with E-state index in [1.165, 1.54) is 0 Å². The molecule has 2 heterocycles. The Kier molecular flexibility index (Phi) is 8.14. The lowest BCUT2D eigenvalue weighted by molar-refractivity contribution is -0.192. The van der Waals surface area contributed by atoms with Crippen LogP contribution in [0.25, 0.3) is 0 Å². The highest BCUT2D eigenvalue weighted by molar-refractivity contribution is 6.09. The summed E-state index contributed by atoms with van der Waals surface area (Å²) >= 11 is 0. The van der Waals surface area contributed by atoms with Crippen LogP contribution in [0, 0.1) is 0 Å². The first-order valence-corrected chi connectivity index (χ1v) is 10.8. The molecule has 192 valence electrons. The van der Waals surface area contributed by atoms with Gasteiger partial charge in [0.2, 0.25) is 5.54 Å². The molecule has 2 aliphatic rings. The standard InChI is InChI=1S/C21H32N2O11/c1-10(2)30-18(27)22-23(19(28)31-11(3)4)21(8,12(5)24)17(26)29-9-13-14-15(16(25)32-13)34-20(6,7)33-14/h10-11,13-15H,9H2,1-8H3,(H,22,27)/t13-,14-,15-,21+/m1/s1. The summed E-state index contributed by atoms with van der Waals surface area (Å²) in [5, 5.41) is 0.421. The van der Waals surface area contributed by atoms with Crippen LogP contribution in [0.1, 0.15) is 55.4 Å². The van der Waals surface area contributed by atoms with Crippen molar-refractivity contribution < 1.29 is 52.4 Å². The van der Waals surface area contributed by atoms with Crippen molar-refractivity contribution in [2.75, 3.05) is 6.61 Å². The maximum Gasteiger partial charge on any atom is 0.430 e. The number of carbonyl (C=O) groups excluding carboxylic acids is 5. The Balaban J connectivity index is 2.23. The molecule has 1 N–H and O–H groups in total. The molecule has 13 heteroatoms. The van der Waals surface area contributed by atoms with Gasteiger partial charge in [-0.25, -0.2) is 24.6 Å². The minimum Gasteiger partial charge on any atom is -0.459 e. The molecule has 2 fully saturated rings. The molecule has 2 rings (SSSR count). The van der Waals surface area contributed by atoms with Gasteiger partial charge in [0.05, 0.1) is 12.2 Å². The van der Waals surface area contributed by atoms with Gasteiger partial charge < -0.3 is 28.4 Å². The Morgan fingerprint density at radius 1 is 1.09 bits per heavy atom. The number of nitrogens with one attached hydrogen (secondary N) is 1. The van der Waals surface area contributed by atoms with Crippen molar-refractivity contribution in [2.24, 2.45) is 0 Å². The van der Waals surface area contributed by atoms with E-state index in [1.54, 1.807) is 41.5 Å². The number of nitrogens with zero attached hydrogens (tertiary/aromatic N) is 1. The minimum absolute atomic E-state index is 0.421. The molecule has 0 bridgehead atoms. The summed E-state index contributed by atoms with van der Waals surface area (Å²) in [6.45, 7) is 11.1. The van der Waals surface area contributed by atoms with Crippen LogP contribution in [0.4, 0.5) is 9.59 Å². The average Bonchev–Trinajstić information content (AvgIpc) is 3.15. The Morgan fingerprint density at radius 3 is 2.21 bits per heavy atom. The van der Waals surface area contributed by atoms with E-state index in [0.29, 0.717) is 5.01 Å². The number of rotatable bonds is 7. The highest BCUT2D eigenvalue weighted by Crippen LogP contribution is 2.36. The first-order valence-electron chi connectivity index (χ1n) is 10.8. The van der Waals surface area contributed by atoms with Crippen LogP contribution < -0.4 is 5.43 Å². The fourth-order valence-corrected chi connectivity index (χ4v) is 3.27. The lowest BCUT2D eigenvalue weighted by atomic mass is 9.97. The summed E-state index contributed by atoms with van der Waals surface area (Å²) in [4.78, 5) is 62.7. The van der Waals surface area contributed by atoms with Gasteiger partial charge in [-0.1, -0.05) is 0 Å². The maximum atomic E-state index is 13.1. The summed E-state index contributed by atoms with van der Waals surface area (Å²) in [6.07, 6.45) is -6.30. The van der Waals surface area contributed by atoms with E-state index in [0.717, 1.165) is 13.8 Å². The van der Waals surface area contributed by atoms with Gasteiger partial charge in [0.15, 0.2) is 23.8 Å². The Morgan fingerprint density at radius 2 is 1.68 bits per heavy atom. The van der Waals surface area contributed by atoms with E-state index < -0.39 is 78.4 Å². The van der Waals surface area contributed by atoms with Crippen molar-refractivity contribution in [3.63, 3.8) is 0 Å². The van der Waals surface area contributed by atoms with Gasteiger partial charge in [-0.15, -0.1) is 0 Å². The number of ketones is 1. The van der Waals surface area contributed by atoms with Crippen molar-refractivity contribution in [3.05, 3.63) is 0 Å². The molecule has 0 saturated carbocycles. The highest BCUT2D eigenvalue weighted by atomic mass is 16.8. The normalized spacial score (nSPS) is 24.6. The molecule has 0 radical (unpaired) electrons. The second-order valence-corrected chi connectivity index (χ2v) is 9.06.